The molecule has 1 aromatic carbocycles. The number of aromatic nitrogens is 2. The molecule has 0 aliphatic carbocycles. The van der Waals surface area contributed by atoms with Crippen LogP contribution in [0.25, 0.3) is 5.69 Å². The summed E-state index contributed by atoms with van der Waals surface area (Å²) in [5.41, 5.74) is -0.484. The van der Waals surface area contributed by atoms with Gasteiger partial charge in [0.05, 0.1) is 24.1 Å². The van der Waals surface area contributed by atoms with Gasteiger partial charge in [-0.3, -0.25) is 4.79 Å². The van der Waals surface area contributed by atoms with E-state index < -0.39 is 29.4 Å². The number of nitrogens with one attached hydrogen (secondary N) is 1. The Labute approximate surface area is 137 Å². The first kappa shape index (κ1) is 18.0. The molecule has 1 atom stereocenters. The van der Waals surface area contributed by atoms with Crippen LogP contribution < -0.4 is 5.32 Å². The van der Waals surface area contributed by atoms with E-state index in [0.717, 1.165) is 16.4 Å². The van der Waals surface area contributed by atoms with Gasteiger partial charge in [-0.1, -0.05) is 17.7 Å². The van der Waals surface area contributed by atoms with Crippen molar-refractivity contribution in [2.45, 2.75) is 26.1 Å². The summed E-state index contributed by atoms with van der Waals surface area (Å²) in [6.07, 6.45) is -3.80. The molecule has 8 heteroatoms. The lowest BCUT2D eigenvalue weighted by Gasteiger charge is -2.15. The Morgan fingerprint density at radius 2 is 1.96 bits per heavy atom. The molecule has 1 unspecified atom stereocenters. The van der Waals surface area contributed by atoms with Crippen LogP contribution in [-0.2, 0) is 10.9 Å². The molecule has 0 saturated carbocycles. The summed E-state index contributed by atoms with van der Waals surface area (Å²) in [6, 6.07) is 5.97. The van der Waals surface area contributed by atoms with Crippen LogP contribution in [0.15, 0.2) is 30.5 Å². The number of alkyl halides is 3. The summed E-state index contributed by atoms with van der Waals surface area (Å²) in [5, 5.41) is 6.23. The fourth-order valence-corrected chi connectivity index (χ4v) is 2.26. The standard InChI is InChI=1S/C16H18F3N3O2/c1-10-4-6-12(7-5-10)22-14(16(17,18)19)13(8-20-22)15(23)21-11(2)9-24-3/h4-8,11H,9H2,1-3H3,(H,21,23). The topological polar surface area (TPSA) is 56.1 Å². The number of amides is 1. The largest absolute Gasteiger partial charge is 0.434 e. The molecule has 1 heterocycles. The average Bonchev–Trinajstić information content (AvgIpc) is 2.93. The van der Waals surface area contributed by atoms with Crippen molar-refractivity contribution in [1.82, 2.24) is 15.1 Å². The van der Waals surface area contributed by atoms with Crippen LogP contribution in [0.3, 0.4) is 0 Å². The van der Waals surface area contributed by atoms with Gasteiger partial charge < -0.3 is 10.1 Å². The van der Waals surface area contributed by atoms with E-state index in [4.69, 9.17) is 4.74 Å². The minimum atomic E-state index is -4.72. The number of carbonyl (C=O) groups is 1. The maximum atomic E-state index is 13.5. The molecule has 0 bridgehead atoms. The number of benzene rings is 1. The molecule has 2 aromatic rings. The molecule has 2 rings (SSSR count). The van der Waals surface area contributed by atoms with Gasteiger partial charge in [0, 0.05) is 13.2 Å². The second-order valence-corrected chi connectivity index (χ2v) is 5.48. The van der Waals surface area contributed by atoms with Crippen LogP contribution in [0, 0.1) is 6.92 Å². The van der Waals surface area contributed by atoms with E-state index in [2.05, 4.69) is 10.4 Å². The number of rotatable bonds is 5. The van der Waals surface area contributed by atoms with Gasteiger partial charge in [0.1, 0.15) is 0 Å². The maximum Gasteiger partial charge on any atom is 0.434 e. The molecule has 0 saturated heterocycles. The van der Waals surface area contributed by atoms with Crippen LogP contribution in [0.1, 0.15) is 28.5 Å². The molecule has 24 heavy (non-hydrogen) atoms. The van der Waals surface area contributed by atoms with Crippen molar-refractivity contribution < 1.29 is 22.7 Å². The lowest BCUT2D eigenvalue weighted by molar-refractivity contribution is -0.143. The van der Waals surface area contributed by atoms with Crippen molar-refractivity contribution in [2.75, 3.05) is 13.7 Å². The molecular formula is C16H18F3N3O2. The lowest BCUT2D eigenvalue weighted by atomic mass is 10.2. The zero-order valence-corrected chi connectivity index (χ0v) is 13.5. The van der Waals surface area contributed by atoms with Gasteiger partial charge in [-0.15, -0.1) is 0 Å². The second-order valence-electron chi connectivity index (χ2n) is 5.48. The van der Waals surface area contributed by atoms with Crippen molar-refractivity contribution in [1.29, 1.82) is 0 Å². The predicted octanol–water partition coefficient (Wildman–Crippen LogP) is 2.96. The molecule has 5 nitrogen and oxygen atoms in total. The lowest BCUT2D eigenvalue weighted by Crippen LogP contribution is -2.36. The van der Waals surface area contributed by atoms with Crippen molar-refractivity contribution in [2.24, 2.45) is 0 Å². The van der Waals surface area contributed by atoms with Gasteiger partial charge in [-0.2, -0.15) is 18.3 Å². The molecule has 130 valence electrons. The van der Waals surface area contributed by atoms with E-state index in [0.29, 0.717) is 0 Å². The molecule has 0 radical (unpaired) electrons. The summed E-state index contributed by atoms with van der Waals surface area (Å²) in [6.45, 7) is 3.66. The molecule has 1 N–H and O–H groups in total. The third kappa shape index (κ3) is 3.94. The molecule has 0 aliphatic rings. The monoisotopic (exact) mass is 341 g/mol. The number of methoxy groups -OCH3 is 1. The van der Waals surface area contributed by atoms with Crippen LogP contribution in [0.4, 0.5) is 13.2 Å². The van der Waals surface area contributed by atoms with Gasteiger partial charge in [0.25, 0.3) is 5.91 Å². The van der Waals surface area contributed by atoms with Crippen LogP contribution in [0.5, 0.6) is 0 Å². The number of hydrogen-bond donors (Lipinski definition) is 1. The van der Waals surface area contributed by atoms with Crippen molar-refractivity contribution in [3.05, 3.63) is 47.3 Å². The Balaban J connectivity index is 2.43. The van der Waals surface area contributed by atoms with E-state index in [9.17, 15) is 18.0 Å². The average molecular weight is 341 g/mol. The van der Waals surface area contributed by atoms with Gasteiger partial charge in [-0.05, 0) is 26.0 Å². The van der Waals surface area contributed by atoms with E-state index in [1.54, 1.807) is 19.1 Å². The SMILES string of the molecule is COCC(C)NC(=O)c1cnn(-c2ccc(C)cc2)c1C(F)(F)F. The van der Waals surface area contributed by atoms with E-state index in [1.807, 2.05) is 6.92 Å². The molecule has 0 aliphatic heterocycles. The summed E-state index contributed by atoms with van der Waals surface area (Å²) in [7, 11) is 1.44. The van der Waals surface area contributed by atoms with Gasteiger partial charge in [0.15, 0.2) is 5.69 Å². The van der Waals surface area contributed by atoms with Gasteiger partial charge >= 0.3 is 6.18 Å². The number of hydrogen-bond acceptors (Lipinski definition) is 3. The van der Waals surface area contributed by atoms with Crippen LogP contribution in [-0.4, -0.2) is 35.4 Å². The number of aryl methyl sites for hydroxylation is 1. The highest BCUT2D eigenvalue weighted by Crippen LogP contribution is 2.33. The van der Waals surface area contributed by atoms with Gasteiger partial charge in [0.2, 0.25) is 0 Å². The summed E-state index contributed by atoms with van der Waals surface area (Å²) in [5.74, 6) is -0.842. The quantitative estimate of drug-likeness (QED) is 0.910. The Morgan fingerprint density at radius 3 is 2.50 bits per heavy atom. The fraction of sp³-hybridized carbons (Fsp3) is 0.375. The zero-order chi connectivity index (χ0) is 17.9. The van der Waals surface area contributed by atoms with Crippen molar-refractivity contribution in [3.8, 4) is 5.69 Å². The minimum absolute atomic E-state index is 0.194. The first-order chi connectivity index (χ1) is 11.2. The predicted molar refractivity (Wildman–Crippen MR) is 82.1 cm³/mol. The molecule has 0 spiro atoms. The highest BCUT2D eigenvalue weighted by Gasteiger charge is 2.40. The van der Waals surface area contributed by atoms with Crippen molar-refractivity contribution in [3.63, 3.8) is 0 Å². The summed E-state index contributed by atoms with van der Waals surface area (Å²) >= 11 is 0. The van der Waals surface area contributed by atoms with Crippen LogP contribution in [0.2, 0.25) is 0 Å². The Hall–Kier alpha value is -2.35. The first-order valence-corrected chi connectivity index (χ1v) is 7.26. The minimum Gasteiger partial charge on any atom is -0.383 e. The summed E-state index contributed by atoms with van der Waals surface area (Å²) in [4.78, 5) is 12.2. The molecule has 1 amide bonds. The van der Waals surface area contributed by atoms with Gasteiger partial charge in [-0.25, -0.2) is 4.68 Å². The number of halogens is 3. The Kier molecular flexibility index (Phi) is 5.28. The molecule has 0 fully saturated rings. The Morgan fingerprint density at radius 1 is 1.33 bits per heavy atom. The van der Waals surface area contributed by atoms with Crippen molar-refractivity contribution >= 4 is 5.91 Å². The van der Waals surface area contributed by atoms with E-state index in [1.165, 1.54) is 19.2 Å². The second kappa shape index (κ2) is 7.04. The maximum absolute atomic E-state index is 13.5. The first-order valence-electron chi connectivity index (χ1n) is 7.26. The van der Waals surface area contributed by atoms with Crippen LogP contribution >= 0.6 is 0 Å². The summed E-state index contributed by atoms with van der Waals surface area (Å²) < 4.78 is 46.1. The number of carbonyl (C=O) groups excluding carboxylic acids is 1. The molecular weight excluding hydrogens is 323 g/mol. The Bertz CT molecular complexity index is 708. The normalized spacial score (nSPS) is 12.9. The van der Waals surface area contributed by atoms with E-state index >= 15 is 0 Å². The highest BCUT2D eigenvalue weighted by atomic mass is 19.4. The van der Waals surface area contributed by atoms with E-state index in [-0.39, 0.29) is 12.3 Å². The number of ether oxygens (including phenoxy) is 1. The third-order valence-corrected chi connectivity index (χ3v) is 3.36. The number of nitrogens with zero attached hydrogens (tertiary/aromatic N) is 2. The smallest absolute Gasteiger partial charge is 0.383 e. The fourth-order valence-electron chi connectivity index (χ4n) is 2.26. The molecule has 1 aromatic heterocycles. The zero-order valence-electron chi connectivity index (χ0n) is 13.5. The third-order valence-electron chi connectivity index (χ3n) is 3.36. The highest BCUT2D eigenvalue weighted by molar-refractivity contribution is 5.95.